The van der Waals surface area contributed by atoms with E-state index in [1.165, 1.54) is 24.3 Å². The van der Waals surface area contributed by atoms with Crippen LogP contribution in [0.25, 0.3) is 22.3 Å². The van der Waals surface area contributed by atoms with Crippen LogP contribution in [0.2, 0.25) is 0 Å². The molecule has 0 radical (unpaired) electrons. The highest BCUT2D eigenvalue weighted by Crippen LogP contribution is 2.36. The van der Waals surface area contributed by atoms with Gasteiger partial charge in [-0.25, -0.2) is 13.8 Å². The number of rotatable bonds is 7. The number of carbonyl (C=O) groups is 1. The molecule has 0 amide bonds. The van der Waals surface area contributed by atoms with E-state index in [1.54, 1.807) is 51.2 Å². The van der Waals surface area contributed by atoms with Crippen LogP contribution in [0, 0.1) is 25.5 Å². The van der Waals surface area contributed by atoms with E-state index in [9.17, 15) is 23.8 Å². The Morgan fingerprint density at radius 3 is 2.55 bits per heavy atom. The summed E-state index contributed by atoms with van der Waals surface area (Å²) in [4.78, 5) is 21.8. The molecule has 3 aromatic carbocycles. The molecule has 2 heterocycles. The first-order valence-corrected chi connectivity index (χ1v) is 11.9. The van der Waals surface area contributed by atoms with E-state index >= 15 is 0 Å². The smallest absolute Gasteiger partial charge is 0.310 e. The largest absolute Gasteiger partial charge is 0.481 e. The molecule has 7 nitrogen and oxygen atoms in total. The first-order chi connectivity index (χ1) is 18.1. The zero-order valence-corrected chi connectivity index (χ0v) is 20.8. The second kappa shape index (κ2) is 9.75. The number of imidazole rings is 1. The molecule has 0 spiro atoms. The van der Waals surface area contributed by atoms with Crippen molar-refractivity contribution in [1.82, 2.24) is 15.0 Å². The molecule has 4 N–H and O–H groups in total. The van der Waals surface area contributed by atoms with Gasteiger partial charge in [-0.3, -0.25) is 4.79 Å². The average Bonchev–Trinajstić information content (AvgIpc) is 3.53. The van der Waals surface area contributed by atoms with Gasteiger partial charge in [0.1, 0.15) is 23.5 Å². The maximum atomic E-state index is 14.9. The lowest BCUT2D eigenvalue weighted by atomic mass is 9.96. The SMILES string of the molecule is Cc1[nH]c(-c2cc(Oc3c(F)cc4[nH]ccc4c3C)ccc2F)nc1C(O)c1cccc(C(C)C(=O)O)c1. The van der Waals surface area contributed by atoms with Crippen molar-refractivity contribution in [3.8, 4) is 22.9 Å². The number of aliphatic carboxylic acids is 1. The van der Waals surface area contributed by atoms with E-state index in [-0.39, 0.29) is 28.6 Å². The van der Waals surface area contributed by atoms with Crippen LogP contribution >= 0.6 is 0 Å². The number of halogens is 2. The number of carboxylic acid groups (broad SMARTS) is 1. The molecule has 0 saturated carbocycles. The Bertz CT molecular complexity index is 1670. The summed E-state index contributed by atoms with van der Waals surface area (Å²) < 4.78 is 35.5. The van der Waals surface area contributed by atoms with Gasteiger partial charge in [-0.15, -0.1) is 0 Å². The first kappa shape index (κ1) is 25.2. The second-order valence-corrected chi connectivity index (χ2v) is 9.22. The van der Waals surface area contributed by atoms with Crippen molar-refractivity contribution in [3.05, 3.63) is 101 Å². The topological polar surface area (TPSA) is 111 Å². The van der Waals surface area contributed by atoms with Crippen LogP contribution < -0.4 is 4.74 Å². The molecule has 0 aliphatic carbocycles. The van der Waals surface area contributed by atoms with E-state index in [0.717, 1.165) is 5.39 Å². The Kier molecular flexibility index (Phi) is 6.46. The van der Waals surface area contributed by atoms with E-state index in [1.807, 2.05) is 6.07 Å². The number of fused-ring (bicyclic) bond motifs is 1. The number of aliphatic hydroxyl groups is 1. The van der Waals surface area contributed by atoms with Gasteiger partial charge in [0.15, 0.2) is 11.6 Å². The minimum Gasteiger partial charge on any atom is -0.481 e. The summed E-state index contributed by atoms with van der Waals surface area (Å²) in [5, 5.41) is 21.2. The van der Waals surface area contributed by atoms with Crippen molar-refractivity contribution in [2.75, 3.05) is 0 Å². The quantitative estimate of drug-likeness (QED) is 0.197. The van der Waals surface area contributed by atoms with Crippen molar-refractivity contribution < 1.29 is 28.5 Å². The molecule has 9 heteroatoms. The molecule has 0 fully saturated rings. The molecule has 0 aliphatic rings. The molecule has 2 atom stereocenters. The summed E-state index contributed by atoms with van der Waals surface area (Å²) in [6.45, 7) is 5.00. The summed E-state index contributed by atoms with van der Waals surface area (Å²) in [6, 6.07) is 13.8. The van der Waals surface area contributed by atoms with Crippen LogP contribution in [-0.4, -0.2) is 31.1 Å². The maximum Gasteiger partial charge on any atom is 0.310 e. The van der Waals surface area contributed by atoms with Gasteiger partial charge in [0.05, 0.1) is 17.2 Å². The Morgan fingerprint density at radius 1 is 1.03 bits per heavy atom. The van der Waals surface area contributed by atoms with Crippen molar-refractivity contribution in [3.63, 3.8) is 0 Å². The van der Waals surface area contributed by atoms with E-state index < -0.39 is 29.6 Å². The number of hydrogen-bond acceptors (Lipinski definition) is 4. The number of aromatic nitrogens is 3. The molecule has 5 rings (SSSR count). The monoisotopic (exact) mass is 517 g/mol. The normalized spacial score (nSPS) is 13.0. The molecule has 0 aliphatic heterocycles. The van der Waals surface area contributed by atoms with E-state index in [0.29, 0.717) is 27.9 Å². The third-order valence-electron chi connectivity index (χ3n) is 6.70. The number of benzene rings is 3. The Morgan fingerprint density at radius 2 is 1.79 bits per heavy atom. The molecular formula is C29H25F2N3O4. The molecule has 194 valence electrons. The zero-order valence-electron chi connectivity index (χ0n) is 20.8. The average molecular weight is 518 g/mol. The van der Waals surface area contributed by atoms with Crippen molar-refractivity contribution in [1.29, 1.82) is 0 Å². The number of nitrogens with zero attached hydrogens (tertiary/aromatic N) is 1. The summed E-state index contributed by atoms with van der Waals surface area (Å²) >= 11 is 0. The summed E-state index contributed by atoms with van der Waals surface area (Å²) in [5.74, 6) is -2.45. The summed E-state index contributed by atoms with van der Waals surface area (Å²) in [6.07, 6.45) is 0.541. The lowest BCUT2D eigenvalue weighted by Gasteiger charge is -2.13. The predicted molar refractivity (Wildman–Crippen MR) is 138 cm³/mol. The number of ether oxygens (including phenoxy) is 1. The third-order valence-corrected chi connectivity index (χ3v) is 6.70. The van der Waals surface area contributed by atoms with Gasteiger partial charge in [0.25, 0.3) is 0 Å². The first-order valence-electron chi connectivity index (χ1n) is 11.9. The highest BCUT2D eigenvalue weighted by atomic mass is 19.1. The number of carboxylic acids is 1. The lowest BCUT2D eigenvalue weighted by molar-refractivity contribution is -0.138. The van der Waals surface area contributed by atoms with Crippen molar-refractivity contribution in [2.45, 2.75) is 32.8 Å². The minimum absolute atomic E-state index is 0.0388. The second-order valence-electron chi connectivity index (χ2n) is 9.22. The van der Waals surface area contributed by atoms with E-state index in [4.69, 9.17) is 4.74 Å². The lowest BCUT2D eigenvalue weighted by Crippen LogP contribution is -2.09. The molecule has 2 aromatic heterocycles. The van der Waals surface area contributed by atoms with Gasteiger partial charge in [0.2, 0.25) is 0 Å². The molecule has 0 bridgehead atoms. The molecule has 5 aromatic rings. The zero-order chi connectivity index (χ0) is 27.1. The third kappa shape index (κ3) is 4.52. The van der Waals surface area contributed by atoms with Crippen LogP contribution in [0.15, 0.2) is 60.8 Å². The molecule has 38 heavy (non-hydrogen) atoms. The molecule has 0 saturated heterocycles. The number of aliphatic hydroxyl groups excluding tert-OH is 1. The standard InChI is InChI=1S/C29H25F2N3O4/c1-14(29(36)37)17-5-4-6-18(11-17)26(35)25-16(3)33-28(34-25)21-12-19(7-8-22(21)30)38-27-15(2)20-9-10-32-24(20)13-23(27)31/h4-14,26,32,35H,1-3H3,(H,33,34)(H,36,37). The summed E-state index contributed by atoms with van der Waals surface area (Å²) in [5.41, 5.74) is 3.11. The van der Waals surface area contributed by atoms with Crippen LogP contribution in [0.3, 0.4) is 0 Å². The molecular weight excluding hydrogens is 492 g/mol. The number of hydrogen-bond donors (Lipinski definition) is 4. The fraction of sp³-hybridized carbons (Fsp3) is 0.172. The highest BCUT2D eigenvalue weighted by molar-refractivity contribution is 5.85. The Balaban J connectivity index is 1.47. The van der Waals surface area contributed by atoms with Crippen LogP contribution in [0.1, 0.15) is 47.0 Å². The summed E-state index contributed by atoms with van der Waals surface area (Å²) in [7, 11) is 0. The van der Waals surface area contributed by atoms with Crippen LogP contribution in [0.4, 0.5) is 8.78 Å². The van der Waals surface area contributed by atoms with Crippen LogP contribution in [0.5, 0.6) is 11.5 Å². The number of aromatic amines is 2. The fourth-order valence-electron chi connectivity index (χ4n) is 4.48. The fourth-order valence-corrected chi connectivity index (χ4v) is 4.48. The van der Waals surface area contributed by atoms with Crippen LogP contribution in [-0.2, 0) is 4.79 Å². The van der Waals surface area contributed by atoms with Gasteiger partial charge >= 0.3 is 5.97 Å². The van der Waals surface area contributed by atoms with Crippen molar-refractivity contribution >= 4 is 16.9 Å². The molecule has 2 unspecified atom stereocenters. The van der Waals surface area contributed by atoms with Gasteiger partial charge in [-0.2, -0.15) is 0 Å². The predicted octanol–water partition coefficient (Wildman–Crippen LogP) is 6.52. The van der Waals surface area contributed by atoms with Gasteiger partial charge < -0.3 is 24.9 Å². The van der Waals surface area contributed by atoms with Gasteiger partial charge in [0, 0.05) is 34.4 Å². The Hall–Kier alpha value is -4.50. The number of nitrogens with one attached hydrogen (secondary N) is 2. The highest BCUT2D eigenvalue weighted by Gasteiger charge is 2.22. The number of aryl methyl sites for hydroxylation is 2. The maximum absolute atomic E-state index is 14.9. The van der Waals surface area contributed by atoms with E-state index in [2.05, 4.69) is 15.0 Å². The van der Waals surface area contributed by atoms with Crippen molar-refractivity contribution in [2.24, 2.45) is 0 Å². The Labute approximate surface area is 216 Å². The van der Waals surface area contributed by atoms with Gasteiger partial charge in [-0.05, 0) is 56.2 Å². The minimum atomic E-state index is -1.17. The van der Waals surface area contributed by atoms with Gasteiger partial charge in [-0.1, -0.05) is 24.3 Å². The number of H-pyrrole nitrogens is 2.